The van der Waals surface area contributed by atoms with Crippen molar-refractivity contribution in [3.63, 3.8) is 0 Å². The lowest BCUT2D eigenvalue weighted by molar-refractivity contribution is -0.122. The third-order valence-corrected chi connectivity index (χ3v) is 4.07. The Morgan fingerprint density at radius 1 is 1.00 bits per heavy atom. The van der Waals surface area contributed by atoms with Crippen molar-refractivity contribution in [3.8, 4) is 11.5 Å². The number of urea groups is 1. The number of amides is 3. The summed E-state index contributed by atoms with van der Waals surface area (Å²) < 4.78 is 10.6. The summed E-state index contributed by atoms with van der Waals surface area (Å²) in [6.07, 6.45) is 0.678. The summed E-state index contributed by atoms with van der Waals surface area (Å²) in [4.78, 5) is 24.0. The lowest BCUT2D eigenvalue weighted by Crippen LogP contribution is -2.44. The summed E-state index contributed by atoms with van der Waals surface area (Å²) in [7, 11) is 4.65. The molecule has 0 saturated heterocycles. The molecule has 0 unspecified atom stereocenters. The largest absolute Gasteiger partial charge is 0.493 e. The SMILES string of the molecule is CNC(=O)NC(=O)[C@H](NCCc1ccc(OC)c(OC)c1)c1ccccc1. The van der Waals surface area contributed by atoms with Crippen LogP contribution in [0.4, 0.5) is 4.79 Å². The average molecular weight is 371 g/mol. The van der Waals surface area contributed by atoms with Crippen LogP contribution < -0.4 is 25.4 Å². The van der Waals surface area contributed by atoms with Gasteiger partial charge in [-0.1, -0.05) is 36.4 Å². The zero-order valence-corrected chi connectivity index (χ0v) is 15.7. The van der Waals surface area contributed by atoms with E-state index in [0.717, 1.165) is 11.1 Å². The van der Waals surface area contributed by atoms with Crippen LogP contribution in [-0.2, 0) is 11.2 Å². The summed E-state index contributed by atoms with van der Waals surface area (Å²) in [5.41, 5.74) is 1.82. The molecule has 144 valence electrons. The molecular formula is C20H25N3O4. The van der Waals surface area contributed by atoms with E-state index >= 15 is 0 Å². The highest BCUT2D eigenvalue weighted by Gasteiger charge is 2.21. The van der Waals surface area contributed by atoms with Gasteiger partial charge in [0, 0.05) is 13.6 Å². The summed E-state index contributed by atoms with van der Waals surface area (Å²) in [6, 6.07) is 13.8. The maximum Gasteiger partial charge on any atom is 0.321 e. The summed E-state index contributed by atoms with van der Waals surface area (Å²) in [5.74, 6) is 0.918. The van der Waals surface area contributed by atoms with Gasteiger partial charge in [-0.15, -0.1) is 0 Å². The summed E-state index contributed by atoms with van der Waals surface area (Å²) >= 11 is 0. The third kappa shape index (κ3) is 5.72. The molecule has 0 saturated carbocycles. The molecule has 27 heavy (non-hydrogen) atoms. The van der Waals surface area contributed by atoms with E-state index in [9.17, 15) is 9.59 Å². The van der Waals surface area contributed by atoms with Crippen LogP contribution in [0.25, 0.3) is 0 Å². The van der Waals surface area contributed by atoms with Gasteiger partial charge < -0.3 is 20.1 Å². The van der Waals surface area contributed by atoms with Crippen molar-refractivity contribution < 1.29 is 19.1 Å². The molecule has 1 atom stereocenters. The zero-order valence-electron chi connectivity index (χ0n) is 15.7. The zero-order chi connectivity index (χ0) is 19.6. The van der Waals surface area contributed by atoms with Gasteiger partial charge in [-0.05, 0) is 29.7 Å². The number of benzene rings is 2. The van der Waals surface area contributed by atoms with Gasteiger partial charge in [0.15, 0.2) is 11.5 Å². The number of carbonyl (C=O) groups excluding carboxylic acids is 2. The fraction of sp³-hybridized carbons (Fsp3) is 0.300. The van der Waals surface area contributed by atoms with Gasteiger partial charge in [0.05, 0.1) is 14.2 Å². The predicted octanol–water partition coefficient (Wildman–Crippen LogP) is 2.03. The third-order valence-electron chi connectivity index (χ3n) is 4.07. The molecule has 0 aliphatic rings. The molecule has 0 radical (unpaired) electrons. The smallest absolute Gasteiger partial charge is 0.321 e. The average Bonchev–Trinajstić information content (AvgIpc) is 2.71. The van der Waals surface area contributed by atoms with E-state index in [1.54, 1.807) is 14.2 Å². The van der Waals surface area contributed by atoms with Crippen molar-refractivity contribution in [2.45, 2.75) is 12.5 Å². The standard InChI is InChI=1S/C20H25N3O4/c1-21-20(25)23-19(24)18(15-7-5-4-6-8-15)22-12-11-14-9-10-16(26-2)17(13-14)27-3/h4-10,13,18,22H,11-12H2,1-3H3,(H2,21,23,24,25)/t18-/m1/s1. The van der Waals surface area contributed by atoms with Crippen LogP contribution in [0.5, 0.6) is 11.5 Å². The number of carbonyl (C=O) groups is 2. The molecule has 3 amide bonds. The van der Waals surface area contributed by atoms with Gasteiger partial charge in [0.2, 0.25) is 5.91 Å². The van der Waals surface area contributed by atoms with Gasteiger partial charge in [0.1, 0.15) is 6.04 Å². The van der Waals surface area contributed by atoms with Crippen LogP contribution in [-0.4, -0.2) is 39.8 Å². The molecular weight excluding hydrogens is 346 g/mol. The maximum atomic E-state index is 12.5. The van der Waals surface area contributed by atoms with Gasteiger partial charge in [0.25, 0.3) is 0 Å². The van der Waals surface area contributed by atoms with Crippen LogP contribution >= 0.6 is 0 Å². The van der Waals surface area contributed by atoms with Crippen molar-refractivity contribution in [1.29, 1.82) is 0 Å². The van der Waals surface area contributed by atoms with E-state index in [1.807, 2.05) is 48.5 Å². The number of imide groups is 1. The van der Waals surface area contributed by atoms with E-state index in [0.29, 0.717) is 24.5 Å². The molecule has 7 heteroatoms. The molecule has 0 aliphatic heterocycles. The highest BCUT2D eigenvalue weighted by molar-refractivity contribution is 5.97. The van der Waals surface area contributed by atoms with Crippen LogP contribution in [0.1, 0.15) is 17.2 Å². The monoisotopic (exact) mass is 371 g/mol. The Kier molecular flexibility index (Phi) is 7.63. The first-order valence-corrected chi connectivity index (χ1v) is 8.60. The minimum absolute atomic E-state index is 0.409. The number of hydrogen-bond acceptors (Lipinski definition) is 5. The summed E-state index contributed by atoms with van der Waals surface area (Å²) in [5, 5.41) is 7.92. The topological polar surface area (TPSA) is 88.7 Å². The molecule has 0 bridgehead atoms. The van der Waals surface area contributed by atoms with Crippen molar-refractivity contribution in [2.24, 2.45) is 0 Å². The molecule has 0 heterocycles. The molecule has 0 spiro atoms. The van der Waals surface area contributed by atoms with Crippen LogP contribution in [0.15, 0.2) is 48.5 Å². The van der Waals surface area contributed by atoms with Crippen LogP contribution in [0.2, 0.25) is 0 Å². The van der Waals surface area contributed by atoms with Gasteiger partial charge in [-0.3, -0.25) is 10.1 Å². The van der Waals surface area contributed by atoms with E-state index in [1.165, 1.54) is 7.05 Å². The highest BCUT2D eigenvalue weighted by Crippen LogP contribution is 2.27. The molecule has 0 aromatic heterocycles. The Hall–Kier alpha value is -3.06. The molecule has 7 nitrogen and oxygen atoms in total. The Morgan fingerprint density at radius 3 is 2.33 bits per heavy atom. The number of methoxy groups -OCH3 is 2. The fourth-order valence-electron chi connectivity index (χ4n) is 2.65. The Bertz CT molecular complexity index is 765. The predicted molar refractivity (Wildman–Crippen MR) is 103 cm³/mol. The van der Waals surface area contributed by atoms with Crippen LogP contribution in [0.3, 0.4) is 0 Å². The van der Waals surface area contributed by atoms with Gasteiger partial charge in [-0.25, -0.2) is 4.79 Å². The lowest BCUT2D eigenvalue weighted by Gasteiger charge is -2.18. The number of nitrogens with one attached hydrogen (secondary N) is 3. The number of hydrogen-bond donors (Lipinski definition) is 3. The van der Waals surface area contributed by atoms with E-state index in [4.69, 9.17) is 9.47 Å². The van der Waals surface area contributed by atoms with Crippen molar-refractivity contribution >= 4 is 11.9 Å². The molecule has 2 aromatic rings. The van der Waals surface area contributed by atoms with E-state index in [2.05, 4.69) is 16.0 Å². The number of rotatable bonds is 8. The molecule has 0 fully saturated rings. The van der Waals surface area contributed by atoms with E-state index in [-0.39, 0.29) is 0 Å². The quantitative estimate of drug-likeness (QED) is 0.661. The number of ether oxygens (including phenoxy) is 2. The highest BCUT2D eigenvalue weighted by atomic mass is 16.5. The van der Waals surface area contributed by atoms with Gasteiger partial charge >= 0.3 is 6.03 Å². The molecule has 2 aromatic carbocycles. The molecule has 0 aliphatic carbocycles. The Balaban J connectivity index is 2.05. The van der Waals surface area contributed by atoms with Crippen LogP contribution in [0, 0.1) is 0 Å². The van der Waals surface area contributed by atoms with Crippen molar-refractivity contribution in [1.82, 2.24) is 16.0 Å². The first-order chi connectivity index (χ1) is 13.1. The Morgan fingerprint density at radius 2 is 1.70 bits per heavy atom. The minimum atomic E-state index is -0.636. The molecule has 2 rings (SSSR count). The fourth-order valence-corrected chi connectivity index (χ4v) is 2.65. The Labute approximate surface area is 159 Å². The van der Waals surface area contributed by atoms with Gasteiger partial charge in [-0.2, -0.15) is 0 Å². The molecule has 3 N–H and O–H groups in total. The second-order valence-corrected chi connectivity index (χ2v) is 5.81. The first-order valence-electron chi connectivity index (χ1n) is 8.60. The van der Waals surface area contributed by atoms with Crippen molar-refractivity contribution in [3.05, 3.63) is 59.7 Å². The second-order valence-electron chi connectivity index (χ2n) is 5.81. The maximum absolute atomic E-state index is 12.5. The minimum Gasteiger partial charge on any atom is -0.493 e. The second kappa shape index (κ2) is 10.2. The normalized spacial score (nSPS) is 11.4. The van der Waals surface area contributed by atoms with Crippen molar-refractivity contribution in [2.75, 3.05) is 27.8 Å². The summed E-state index contributed by atoms with van der Waals surface area (Å²) in [6.45, 7) is 0.538. The lowest BCUT2D eigenvalue weighted by atomic mass is 10.1. The first kappa shape index (κ1) is 20.3. The van der Waals surface area contributed by atoms with E-state index < -0.39 is 18.0 Å².